The van der Waals surface area contributed by atoms with Crippen LogP contribution in [0.2, 0.25) is 0 Å². The molecule has 1 aromatic heterocycles. The Morgan fingerprint density at radius 3 is 2.67 bits per heavy atom. The number of halogens is 2. The number of thioether (sulfide) groups is 1. The van der Waals surface area contributed by atoms with E-state index in [4.69, 9.17) is 28.3 Å². The molecule has 0 saturated heterocycles. The third-order valence-electron chi connectivity index (χ3n) is 1.52. The van der Waals surface area contributed by atoms with E-state index < -0.39 is 5.97 Å². The number of rotatable bonds is 6. The first-order valence-electron chi connectivity index (χ1n) is 4.12. The van der Waals surface area contributed by atoms with Gasteiger partial charge in [0.25, 0.3) is 0 Å². The molecule has 0 amide bonds. The highest BCUT2D eigenvalue weighted by atomic mass is 35.5. The van der Waals surface area contributed by atoms with E-state index in [1.165, 1.54) is 16.3 Å². The predicted octanol–water partition coefficient (Wildman–Crippen LogP) is 1.55. The average molecular weight is 270 g/mol. The van der Waals surface area contributed by atoms with Gasteiger partial charge >= 0.3 is 5.97 Å². The molecule has 0 aliphatic carbocycles. The van der Waals surface area contributed by atoms with Crippen LogP contribution < -0.4 is 0 Å². The molecule has 15 heavy (non-hydrogen) atoms. The Morgan fingerprint density at radius 2 is 2.13 bits per heavy atom. The Hall–Kier alpha value is -0.460. The van der Waals surface area contributed by atoms with Crippen LogP contribution in [0.25, 0.3) is 0 Å². The molecule has 0 aliphatic heterocycles. The molecule has 0 bridgehead atoms. The van der Waals surface area contributed by atoms with Crippen LogP contribution in [0.3, 0.4) is 0 Å². The Labute approximate surface area is 101 Å². The van der Waals surface area contributed by atoms with Crippen molar-refractivity contribution < 1.29 is 9.90 Å². The first-order valence-corrected chi connectivity index (χ1v) is 6.17. The van der Waals surface area contributed by atoms with Gasteiger partial charge in [-0.05, 0) is 0 Å². The van der Waals surface area contributed by atoms with Crippen LogP contribution in [-0.2, 0) is 6.54 Å². The van der Waals surface area contributed by atoms with E-state index in [2.05, 4.69) is 10.2 Å². The number of carboxylic acids is 1. The van der Waals surface area contributed by atoms with Gasteiger partial charge < -0.3 is 5.11 Å². The van der Waals surface area contributed by atoms with Crippen LogP contribution in [0, 0.1) is 0 Å². The summed E-state index contributed by atoms with van der Waals surface area (Å²) in [4.78, 5) is 10.8. The molecule has 0 radical (unpaired) electrons. The van der Waals surface area contributed by atoms with Gasteiger partial charge in [-0.25, -0.2) is 4.79 Å². The minimum absolute atomic E-state index is 0.0901. The maximum absolute atomic E-state index is 10.8. The second-order valence-electron chi connectivity index (χ2n) is 2.49. The first-order chi connectivity index (χ1) is 7.20. The fourth-order valence-corrected chi connectivity index (χ4v) is 2.06. The molecule has 1 rings (SSSR count). The number of carbonyl (C=O) groups is 1. The second kappa shape index (κ2) is 6.19. The standard InChI is InChI=1S/C7H9Cl2N3O2S/c8-1-3-12-5(6(13)14)10-11-7(12)15-4-2-9/h1-4H2,(H,13,14). The summed E-state index contributed by atoms with van der Waals surface area (Å²) < 4.78 is 1.48. The number of hydrogen-bond acceptors (Lipinski definition) is 4. The smallest absolute Gasteiger partial charge is 0.374 e. The van der Waals surface area contributed by atoms with Gasteiger partial charge in [0, 0.05) is 24.1 Å². The lowest BCUT2D eigenvalue weighted by Gasteiger charge is -2.04. The van der Waals surface area contributed by atoms with Gasteiger partial charge in [-0.2, -0.15) is 0 Å². The molecule has 0 spiro atoms. The molecule has 1 aromatic rings. The van der Waals surface area contributed by atoms with Crippen LogP contribution in [0.4, 0.5) is 0 Å². The molecular weight excluding hydrogens is 261 g/mol. The maximum atomic E-state index is 10.8. The molecule has 84 valence electrons. The van der Waals surface area contributed by atoms with E-state index in [9.17, 15) is 4.79 Å². The zero-order chi connectivity index (χ0) is 11.3. The highest BCUT2D eigenvalue weighted by Gasteiger charge is 2.17. The molecule has 8 heteroatoms. The largest absolute Gasteiger partial charge is 0.475 e. The molecule has 0 saturated carbocycles. The van der Waals surface area contributed by atoms with Crippen molar-refractivity contribution in [1.29, 1.82) is 0 Å². The summed E-state index contributed by atoms with van der Waals surface area (Å²) >= 11 is 12.5. The number of carboxylic acid groups (broad SMARTS) is 1. The third kappa shape index (κ3) is 3.25. The van der Waals surface area contributed by atoms with E-state index in [-0.39, 0.29) is 5.82 Å². The maximum Gasteiger partial charge on any atom is 0.374 e. The van der Waals surface area contributed by atoms with Crippen molar-refractivity contribution in [3.63, 3.8) is 0 Å². The summed E-state index contributed by atoms with van der Waals surface area (Å²) in [7, 11) is 0. The molecule has 0 aliphatic rings. The van der Waals surface area contributed by atoms with Crippen LogP contribution in [0.1, 0.15) is 10.6 Å². The molecule has 0 atom stereocenters. The summed E-state index contributed by atoms with van der Waals surface area (Å²) in [6.45, 7) is 0.376. The van der Waals surface area contributed by atoms with Crippen LogP contribution in [0.5, 0.6) is 0 Å². The van der Waals surface area contributed by atoms with E-state index in [0.717, 1.165) is 0 Å². The quantitative estimate of drug-likeness (QED) is 0.627. The van der Waals surface area contributed by atoms with Gasteiger partial charge in [-0.1, -0.05) is 11.8 Å². The number of nitrogens with zero attached hydrogens (tertiary/aromatic N) is 3. The molecular formula is C7H9Cl2N3O2S. The molecule has 1 heterocycles. The van der Waals surface area contributed by atoms with E-state index >= 15 is 0 Å². The summed E-state index contributed by atoms with van der Waals surface area (Å²) in [5, 5.41) is 16.7. The van der Waals surface area contributed by atoms with Crippen molar-refractivity contribution >= 4 is 40.9 Å². The molecule has 0 aromatic carbocycles. The Bertz CT molecular complexity index is 345. The average Bonchev–Trinajstić information content (AvgIpc) is 2.59. The number of aromatic nitrogens is 3. The summed E-state index contributed by atoms with van der Waals surface area (Å²) in [6.07, 6.45) is 0. The van der Waals surface area contributed by atoms with E-state index in [1.807, 2.05) is 0 Å². The minimum Gasteiger partial charge on any atom is -0.475 e. The zero-order valence-corrected chi connectivity index (χ0v) is 10.0. The van der Waals surface area contributed by atoms with Gasteiger partial charge in [0.05, 0.1) is 0 Å². The predicted molar refractivity (Wildman–Crippen MR) is 59.1 cm³/mol. The Kier molecular flexibility index (Phi) is 5.21. The normalized spacial score (nSPS) is 10.5. The molecule has 0 unspecified atom stereocenters. The van der Waals surface area contributed by atoms with Gasteiger partial charge in [0.2, 0.25) is 5.82 Å². The fourth-order valence-electron chi connectivity index (χ4n) is 0.970. The van der Waals surface area contributed by atoms with Crippen molar-refractivity contribution in [2.45, 2.75) is 11.7 Å². The summed E-state index contributed by atoms with van der Waals surface area (Å²) in [5.41, 5.74) is 0. The lowest BCUT2D eigenvalue weighted by molar-refractivity contribution is 0.0677. The van der Waals surface area contributed by atoms with Crippen molar-refractivity contribution in [3.05, 3.63) is 5.82 Å². The summed E-state index contributed by atoms with van der Waals surface area (Å²) in [6, 6.07) is 0. The lowest BCUT2D eigenvalue weighted by atomic mass is 10.6. The summed E-state index contributed by atoms with van der Waals surface area (Å²) in [5.74, 6) is 0.243. The first kappa shape index (κ1) is 12.6. The van der Waals surface area contributed by atoms with Crippen LogP contribution >= 0.6 is 35.0 Å². The van der Waals surface area contributed by atoms with Gasteiger partial charge in [-0.3, -0.25) is 4.57 Å². The van der Waals surface area contributed by atoms with Crippen molar-refractivity contribution in [1.82, 2.24) is 14.8 Å². The number of aromatic carboxylic acids is 1. The van der Waals surface area contributed by atoms with Crippen molar-refractivity contribution in [3.8, 4) is 0 Å². The van der Waals surface area contributed by atoms with E-state index in [0.29, 0.717) is 29.2 Å². The lowest BCUT2D eigenvalue weighted by Crippen LogP contribution is -2.11. The molecule has 1 N–H and O–H groups in total. The molecule has 5 nitrogen and oxygen atoms in total. The fraction of sp³-hybridized carbons (Fsp3) is 0.571. The van der Waals surface area contributed by atoms with Crippen LogP contribution in [-0.4, -0.2) is 43.4 Å². The highest BCUT2D eigenvalue weighted by Crippen LogP contribution is 2.17. The van der Waals surface area contributed by atoms with Gasteiger partial charge in [-0.15, -0.1) is 33.4 Å². The van der Waals surface area contributed by atoms with Crippen molar-refractivity contribution in [2.24, 2.45) is 0 Å². The topological polar surface area (TPSA) is 68.0 Å². The van der Waals surface area contributed by atoms with Gasteiger partial charge in [0.1, 0.15) is 0 Å². The third-order valence-corrected chi connectivity index (χ3v) is 3.08. The Morgan fingerprint density at radius 1 is 1.40 bits per heavy atom. The minimum atomic E-state index is -1.11. The Balaban J connectivity index is 2.90. The van der Waals surface area contributed by atoms with E-state index in [1.54, 1.807) is 0 Å². The molecule has 0 fully saturated rings. The number of hydrogen-bond donors (Lipinski definition) is 1. The highest BCUT2D eigenvalue weighted by molar-refractivity contribution is 7.99. The zero-order valence-electron chi connectivity index (χ0n) is 7.69. The number of alkyl halides is 2. The van der Waals surface area contributed by atoms with Gasteiger partial charge in [0.15, 0.2) is 5.16 Å². The SMILES string of the molecule is O=C(O)c1nnc(SCCCl)n1CCCl. The second-order valence-corrected chi connectivity index (χ2v) is 4.31. The van der Waals surface area contributed by atoms with Crippen molar-refractivity contribution in [2.75, 3.05) is 17.5 Å². The monoisotopic (exact) mass is 269 g/mol. The van der Waals surface area contributed by atoms with Crippen LogP contribution in [0.15, 0.2) is 5.16 Å².